The van der Waals surface area contributed by atoms with Crippen LogP contribution in [-0.4, -0.2) is 29.3 Å². The minimum absolute atomic E-state index is 0.0742. The number of methoxy groups -OCH3 is 1. The van der Waals surface area contributed by atoms with Crippen LogP contribution in [0.1, 0.15) is 44.9 Å². The molecule has 0 saturated carbocycles. The summed E-state index contributed by atoms with van der Waals surface area (Å²) in [4.78, 5) is 4.85. The predicted molar refractivity (Wildman–Crippen MR) is 72.8 cm³/mol. The Hall–Kier alpha value is -0.870. The molecule has 0 aromatic carbocycles. The normalized spacial score (nSPS) is 17.6. The van der Waals surface area contributed by atoms with Crippen molar-refractivity contribution >= 4 is 0 Å². The van der Waals surface area contributed by atoms with Crippen LogP contribution >= 0.6 is 0 Å². The summed E-state index contributed by atoms with van der Waals surface area (Å²) in [5, 5.41) is 3.39. The topological polar surface area (TPSA) is 39.1 Å². The second-order valence-corrected chi connectivity index (χ2v) is 6.16. The van der Waals surface area contributed by atoms with E-state index in [1.165, 1.54) is 17.2 Å². The minimum Gasteiger partial charge on any atom is -0.380 e. The van der Waals surface area contributed by atoms with Gasteiger partial charge in [0.15, 0.2) is 0 Å². The van der Waals surface area contributed by atoms with Crippen molar-refractivity contribution in [1.29, 1.82) is 0 Å². The molecule has 0 saturated heterocycles. The predicted octanol–water partition coefficient (Wildman–Crippen LogP) is 1.86. The fourth-order valence-corrected chi connectivity index (χ4v) is 2.47. The Morgan fingerprint density at radius 2 is 2.17 bits per heavy atom. The summed E-state index contributed by atoms with van der Waals surface area (Å²) in [7, 11) is 1.77. The molecule has 2 heterocycles. The van der Waals surface area contributed by atoms with Crippen LogP contribution in [0, 0.1) is 0 Å². The fourth-order valence-electron chi connectivity index (χ4n) is 2.47. The van der Waals surface area contributed by atoms with Crippen molar-refractivity contribution in [3.63, 3.8) is 0 Å². The van der Waals surface area contributed by atoms with Crippen molar-refractivity contribution in [2.45, 2.75) is 58.7 Å². The van der Waals surface area contributed by atoms with E-state index in [2.05, 4.69) is 37.6 Å². The van der Waals surface area contributed by atoms with E-state index in [1.54, 1.807) is 7.11 Å². The molecule has 0 radical (unpaired) electrons. The third-order valence-electron chi connectivity index (χ3n) is 3.50. The van der Waals surface area contributed by atoms with Gasteiger partial charge in [0.25, 0.3) is 0 Å². The largest absolute Gasteiger partial charge is 0.380 e. The van der Waals surface area contributed by atoms with Gasteiger partial charge in [0.05, 0.1) is 18.3 Å². The van der Waals surface area contributed by atoms with Crippen LogP contribution in [0.4, 0.5) is 0 Å². The molecule has 102 valence electrons. The summed E-state index contributed by atoms with van der Waals surface area (Å²) >= 11 is 0. The Morgan fingerprint density at radius 1 is 1.44 bits per heavy atom. The second-order valence-electron chi connectivity index (χ2n) is 6.16. The first-order valence-electron chi connectivity index (χ1n) is 6.75. The summed E-state index contributed by atoms with van der Waals surface area (Å²) in [5.74, 6) is 1.18. The number of rotatable bonds is 3. The molecule has 18 heavy (non-hydrogen) atoms. The minimum atomic E-state index is 0.0742. The van der Waals surface area contributed by atoms with Gasteiger partial charge in [-0.1, -0.05) is 20.8 Å². The summed E-state index contributed by atoms with van der Waals surface area (Å²) in [6.45, 7) is 11.6. The molecule has 1 atom stereocenters. The zero-order valence-electron chi connectivity index (χ0n) is 12.2. The SMILES string of the molecule is COC(C)Cn1c(C(C)(C)C)nc2c1CCNC2. The van der Waals surface area contributed by atoms with Gasteiger partial charge in [-0.05, 0) is 6.92 Å². The van der Waals surface area contributed by atoms with Crippen molar-refractivity contribution in [1.82, 2.24) is 14.9 Å². The van der Waals surface area contributed by atoms with Gasteiger partial charge in [0, 0.05) is 37.7 Å². The van der Waals surface area contributed by atoms with E-state index >= 15 is 0 Å². The molecule has 0 aliphatic carbocycles. The Morgan fingerprint density at radius 3 is 2.78 bits per heavy atom. The van der Waals surface area contributed by atoms with Gasteiger partial charge < -0.3 is 14.6 Å². The van der Waals surface area contributed by atoms with Gasteiger partial charge in [0.1, 0.15) is 5.82 Å². The van der Waals surface area contributed by atoms with Crippen molar-refractivity contribution in [2.24, 2.45) is 0 Å². The summed E-state index contributed by atoms with van der Waals surface area (Å²) in [6.07, 6.45) is 1.29. The Kier molecular flexibility index (Phi) is 3.78. The zero-order valence-corrected chi connectivity index (χ0v) is 12.2. The fraction of sp³-hybridized carbons (Fsp3) is 0.786. The average molecular weight is 251 g/mol. The van der Waals surface area contributed by atoms with Crippen molar-refractivity contribution in [3.05, 3.63) is 17.2 Å². The van der Waals surface area contributed by atoms with E-state index in [1.807, 2.05) is 0 Å². The van der Waals surface area contributed by atoms with E-state index in [4.69, 9.17) is 9.72 Å². The van der Waals surface area contributed by atoms with Gasteiger partial charge >= 0.3 is 0 Å². The molecule has 4 nitrogen and oxygen atoms in total. The lowest BCUT2D eigenvalue weighted by molar-refractivity contribution is 0.101. The monoisotopic (exact) mass is 251 g/mol. The lowest BCUT2D eigenvalue weighted by Crippen LogP contribution is -2.28. The van der Waals surface area contributed by atoms with E-state index in [9.17, 15) is 0 Å². The molecule has 0 amide bonds. The third kappa shape index (κ3) is 2.59. The van der Waals surface area contributed by atoms with Crippen LogP contribution in [0.2, 0.25) is 0 Å². The van der Waals surface area contributed by atoms with Gasteiger partial charge in [-0.2, -0.15) is 0 Å². The number of hydrogen-bond donors (Lipinski definition) is 1. The first-order valence-corrected chi connectivity index (χ1v) is 6.75. The van der Waals surface area contributed by atoms with Gasteiger partial charge in [-0.15, -0.1) is 0 Å². The number of hydrogen-bond acceptors (Lipinski definition) is 3. The molecule has 0 spiro atoms. The molecular weight excluding hydrogens is 226 g/mol. The molecule has 1 N–H and O–H groups in total. The lowest BCUT2D eigenvalue weighted by Gasteiger charge is -2.23. The highest BCUT2D eigenvalue weighted by Crippen LogP contribution is 2.26. The quantitative estimate of drug-likeness (QED) is 0.891. The van der Waals surface area contributed by atoms with Gasteiger partial charge in [-0.3, -0.25) is 0 Å². The molecule has 1 aromatic rings. The highest BCUT2D eigenvalue weighted by molar-refractivity contribution is 5.23. The molecule has 1 aliphatic heterocycles. The maximum atomic E-state index is 5.42. The van der Waals surface area contributed by atoms with Crippen molar-refractivity contribution in [2.75, 3.05) is 13.7 Å². The first-order chi connectivity index (χ1) is 8.43. The Balaban J connectivity index is 2.42. The number of nitrogens with zero attached hydrogens (tertiary/aromatic N) is 2. The van der Waals surface area contributed by atoms with E-state index < -0.39 is 0 Å². The van der Waals surface area contributed by atoms with Gasteiger partial charge in [-0.25, -0.2) is 4.98 Å². The van der Waals surface area contributed by atoms with E-state index in [0.29, 0.717) is 0 Å². The molecule has 1 unspecified atom stereocenters. The van der Waals surface area contributed by atoms with Crippen molar-refractivity contribution in [3.8, 4) is 0 Å². The van der Waals surface area contributed by atoms with E-state index in [0.717, 1.165) is 26.1 Å². The Labute approximate surface area is 110 Å². The smallest absolute Gasteiger partial charge is 0.114 e. The third-order valence-corrected chi connectivity index (χ3v) is 3.50. The summed E-state index contributed by atoms with van der Waals surface area (Å²) < 4.78 is 7.80. The van der Waals surface area contributed by atoms with Crippen LogP contribution in [0.5, 0.6) is 0 Å². The number of aromatic nitrogens is 2. The molecule has 2 rings (SSSR count). The Bertz CT molecular complexity index is 417. The number of fused-ring (bicyclic) bond motifs is 1. The van der Waals surface area contributed by atoms with Crippen LogP contribution in [0.15, 0.2) is 0 Å². The maximum absolute atomic E-state index is 5.42. The lowest BCUT2D eigenvalue weighted by atomic mass is 9.95. The van der Waals surface area contributed by atoms with Crippen LogP contribution in [0.3, 0.4) is 0 Å². The second kappa shape index (κ2) is 5.02. The van der Waals surface area contributed by atoms with Crippen LogP contribution < -0.4 is 5.32 Å². The first kappa shape index (κ1) is 13.6. The standard InChI is InChI=1S/C14H25N3O/c1-10(18-5)9-17-12-6-7-15-8-11(12)16-13(17)14(2,3)4/h10,15H,6-9H2,1-5H3. The maximum Gasteiger partial charge on any atom is 0.114 e. The molecular formula is C14H25N3O. The van der Waals surface area contributed by atoms with Crippen LogP contribution in [0.25, 0.3) is 0 Å². The number of nitrogens with one attached hydrogen (secondary N) is 1. The molecule has 1 aromatic heterocycles. The molecule has 4 heteroatoms. The average Bonchev–Trinajstić information content (AvgIpc) is 2.68. The zero-order chi connectivity index (χ0) is 13.3. The highest BCUT2D eigenvalue weighted by Gasteiger charge is 2.27. The number of imidazole rings is 1. The highest BCUT2D eigenvalue weighted by atomic mass is 16.5. The molecule has 1 aliphatic rings. The van der Waals surface area contributed by atoms with Gasteiger partial charge in [0.2, 0.25) is 0 Å². The molecule has 0 bridgehead atoms. The van der Waals surface area contributed by atoms with Crippen LogP contribution in [-0.2, 0) is 29.7 Å². The summed E-state index contributed by atoms with van der Waals surface area (Å²) in [6, 6.07) is 0. The van der Waals surface area contributed by atoms with E-state index in [-0.39, 0.29) is 11.5 Å². The summed E-state index contributed by atoms with van der Waals surface area (Å²) in [5.41, 5.74) is 2.68. The number of ether oxygens (including phenoxy) is 1. The van der Waals surface area contributed by atoms with Crippen molar-refractivity contribution < 1.29 is 4.74 Å². The molecule has 0 fully saturated rings.